The van der Waals surface area contributed by atoms with E-state index in [-0.39, 0.29) is 11.9 Å². The van der Waals surface area contributed by atoms with E-state index >= 15 is 0 Å². The largest absolute Gasteiger partial charge is 0.323 e. The van der Waals surface area contributed by atoms with E-state index in [9.17, 15) is 4.39 Å². The fourth-order valence-electron chi connectivity index (χ4n) is 1.39. The normalized spacial score (nSPS) is 12.6. The Labute approximate surface area is 108 Å². The Balaban J connectivity index is 1.95. The number of hydrogen-bond acceptors (Lipinski definition) is 4. The van der Waals surface area contributed by atoms with Crippen LogP contribution in [-0.2, 0) is 0 Å². The fraction of sp³-hybridized carbons (Fsp3) is 0.250. The molecular formula is C12H13FN2S2. The van der Waals surface area contributed by atoms with Crippen molar-refractivity contribution >= 4 is 23.1 Å². The zero-order chi connectivity index (χ0) is 12.3. The third-order valence-electron chi connectivity index (χ3n) is 2.26. The first-order valence-corrected chi connectivity index (χ1v) is 7.07. The van der Waals surface area contributed by atoms with E-state index in [1.165, 1.54) is 12.1 Å². The highest BCUT2D eigenvalue weighted by Gasteiger charge is 2.09. The van der Waals surface area contributed by atoms with Gasteiger partial charge in [0.2, 0.25) is 0 Å². The van der Waals surface area contributed by atoms with Gasteiger partial charge in [0.25, 0.3) is 0 Å². The van der Waals surface area contributed by atoms with Crippen molar-refractivity contribution in [3.8, 4) is 0 Å². The van der Waals surface area contributed by atoms with Crippen LogP contribution in [0.1, 0.15) is 17.3 Å². The van der Waals surface area contributed by atoms with Crippen LogP contribution in [0.15, 0.2) is 34.0 Å². The van der Waals surface area contributed by atoms with E-state index in [1.807, 2.05) is 18.4 Å². The van der Waals surface area contributed by atoms with E-state index in [4.69, 9.17) is 5.73 Å². The van der Waals surface area contributed by atoms with Gasteiger partial charge in [0, 0.05) is 22.9 Å². The first-order valence-electron chi connectivity index (χ1n) is 5.21. The minimum Gasteiger partial charge on any atom is -0.323 e. The van der Waals surface area contributed by atoms with E-state index in [1.54, 1.807) is 29.2 Å². The highest BCUT2D eigenvalue weighted by molar-refractivity contribution is 8.01. The Hall–Kier alpha value is -0.910. The summed E-state index contributed by atoms with van der Waals surface area (Å²) >= 11 is 3.22. The first-order chi connectivity index (χ1) is 8.15. The molecule has 90 valence electrons. The second-order valence-corrected chi connectivity index (χ2v) is 5.85. The summed E-state index contributed by atoms with van der Waals surface area (Å²) in [6, 6.07) is 6.27. The van der Waals surface area contributed by atoms with Gasteiger partial charge in [-0.05, 0) is 24.6 Å². The second kappa shape index (κ2) is 5.62. The molecular weight excluding hydrogens is 255 g/mol. The number of halogens is 1. The van der Waals surface area contributed by atoms with Crippen LogP contribution in [-0.4, -0.2) is 10.7 Å². The number of aromatic nitrogens is 1. The quantitative estimate of drug-likeness (QED) is 0.864. The van der Waals surface area contributed by atoms with Gasteiger partial charge in [0.05, 0.1) is 0 Å². The number of aryl methyl sites for hydroxylation is 1. The lowest BCUT2D eigenvalue weighted by molar-refractivity contribution is 0.622. The van der Waals surface area contributed by atoms with Gasteiger partial charge < -0.3 is 5.73 Å². The highest BCUT2D eigenvalue weighted by Crippen LogP contribution is 2.26. The molecule has 1 unspecified atom stereocenters. The molecule has 0 fully saturated rings. The minimum atomic E-state index is -0.243. The molecule has 0 aliphatic heterocycles. The monoisotopic (exact) mass is 268 g/mol. The molecule has 17 heavy (non-hydrogen) atoms. The Morgan fingerprint density at radius 2 is 2.35 bits per heavy atom. The Bertz CT molecular complexity index is 499. The molecule has 0 radical (unpaired) electrons. The predicted octanol–water partition coefficient (Wildman–Crippen LogP) is 3.38. The van der Waals surface area contributed by atoms with Gasteiger partial charge in [-0.25, -0.2) is 9.37 Å². The summed E-state index contributed by atoms with van der Waals surface area (Å²) in [7, 11) is 0. The van der Waals surface area contributed by atoms with E-state index in [2.05, 4.69) is 4.98 Å². The molecule has 2 N–H and O–H groups in total. The molecule has 2 aromatic rings. The summed E-state index contributed by atoms with van der Waals surface area (Å²) in [6.07, 6.45) is 0. The van der Waals surface area contributed by atoms with Crippen molar-refractivity contribution in [1.82, 2.24) is 4.98 Å². The van der Waals surface area contributed by atoms with Gasteiger partial charge in [0.15, 0.2) is 0 Å². The Kier molecular flexibility index (Phi) is 4.15. The number of rotatable bonds is 4. The molecule has 1 aromatic heterocycles. The maximum absolute atomic E-state index is 13.0. The van der Waals surface area contributed by atoms with Gasteiger partial charge in [-0.3, -0.25) is 0 Å². The molecule has 1 atom stereocenters. The number of benzene rings is 1. The maximum Gasteiger partial charge on any atom is 0.150 e. The van der Waals surface area contributed by atoms with Crippen LogP contribution >= 0.6 is 23.1 Å². The van der Waals surface area contributed by atoms with Crippen LogP contribution in [0.2, 0.25) is 0 Å². The molecule has 0 amide bonds. The van der Waals surface area contributed by atoms with Crippen molar-refractivity contribution in [3.63, 3.8) is 0 Å². The molecule has 5 heteroatoms. The average Bonchev–Trinajstić information content (AvgIpc) is 2.72. The van der Waals surface area contributed by atoms with Gasteiger partial charge in [-0.1, -0.05) is 23.9 Å². The summed E-state index contributed by atoms with van der Waals surface area (Å²) in [5.74, 6) is 0.462. The molecule has 2 nitrogen and oxygen atoms in total. The van der Waals surface area contributed by atoms with Gasteiger partial charge in [-0.15, -0.1) is 11.3 Å². The molecule has 0 aliphatic rings. The van der Waals surface area contributed by atoms with Crippen molar-refractivity contribution in [3.05, 3.63) is 46.7 Å². The van der Waals surface area contributed by atoms with Crippen molar-refractivity contribution in [1.29, 1.82) is 0 Å². The molecule has 2 rings (SSSR count). The van der Waals surface area contributed by atoms with Crippen LogP contribution in [0.5, 0.6) is 0 Å². The fourth-order valence-corrected chi connectivity index (χ4v) is 3.26. The van der Waals surface area contributed by atoms with Crippen molar-refractivity contribution in [2.75, 3.05) is 5.75 Å². The minimum absolute atomic E-state index is 0.167. The first kappa shape index (κ1) is 12.5. The molecule has 0 saturated heterocycles. The van der Waals surface area contributed by atoms with Crippen LogP contribution in [0.4, 0.5) is 4.39 Å². The molecule has 0 aliphatic carbocycles. The summed E-state index contributed by atoms with van der Waals surface area (Å²) in [5.41, 5.74) is 7.86. The lowest BCUT2D eigenvalue weighted by Crippen LogP contribution is -2.13. The summed E-state index contributed by atoms with van der Waals surface area (Å²) in [5, 5.41) is 2.01. The molecule has 0 spiro atoms. The topological polar surface area (TPSA) is 38.9 Å². The van der Waals surface area contributed by atoms with E-state index in [0.717, 1.165) is 15.6 Å². The maximum atomic E-state index is 13.0. The number of nitrogens with two attached hydrogens (primary N) is 1. The predicted molar refractivity (Wildman–Crippen MR) is 70.9 cm³/mol. The van der Waals surface area contributed by atoms with Crippen molar-refractivity contribution in [2.45, 2.75) is 17.3 Å². The standard InChI is InChI=1S/C12H13FN2S2/c1-8-6-16-12(15-8)17-7-11(14)9-3-2-4-10(13)5-9/h2-6,11H,7,14H2,1H3. The Morgan fingerprint density at radius 3 is 3.00 bits per heavy atom. The zero-order valence-electron chi connectivity index (χ0n) is 9.39. The summed E-state index contributed by atoms with van der Waals surface area (Å²) in [4.78, 5) is 4.35. The van der Waals surface area contributed by atoms with Gasteiger partial charge in [-0.2, -0.15) is 0 Å². The number of thiazole rings is 1. The molecule has 1 heterocycles. The SMILES string of the molecule is Cc1csc(SCC(N)c2cccc(F)c2)n1. The van der Waals surface area contributed by atoms with Crippen LogP contribution < -0.4 is 5.73 Å². The van der Waals surface area contributed by atoms with Crippen LogP contribution in [0, 0.1) is 12.7 Å². The number of nitrogens with zero attached hydrogens (tertiary/aromatic N) is 1. The number of hydrogen-bond donors (Lipinski definition) is 1. The summed E-state index contributed by atoms with van der Waals surface area (Å²) < 4.78 is 14.0. The lowest BCUT2D eigenvalue weighted by atomic mass is 10.1. The van der Waals surface area contributed by atoms with Crippen molar-refractivity contribution < 1.29 is 4.39 Å². The zero-order valence-corrected chi connectivity index (χ0v) is 11.0. The number of thioether (sulfide) groups is 1. The molecule has 0 bridgehead atoms. The van der Waals surface area contributed by atoms with Gasteiger partial charge >= 0.3 is 0 Å². The van der Waals surface area contributed by atoms with Gasteiger partial charge in [0.1, 0.15) is 10.2 Å². The molecule has 0 saturated carbocycles. The van der Waals surface area contributed by atoms with E-state index < -0.39 is 0 Å². The van der Waals surface area contributed by atoms with Crippen molar-refractivity contribution in [2.24, 2.45) is 5.73 Å². The second-order valence-electron chi connectivity index (χ2n) is 3.73. The smallest absolute Gasteiger partial charge is 0.150 e. The van der Waals surface area contributed by atoms with Crippen LogP contribution in [0.3, 0.4) is 0 Å². The van der Waals surface area contributed by atoms with E-state index in [0.29, 0.717) is 5.75 Å². The lowest BCUT2D eigenvalue weighted by Gasteiger charge is -2.10. The third kappa shape index (κ3) is 3.52. The molecule has 1 aromatic carbocycles. The summed E-state index contributed by atoms with van der Waals surface area (Å²) in [6.45, 7) is 1.97. The Morgan fingerprint density at radius 1 is 1.53 bits per heavy atom. The third-order valence-corrected chi connectivity index (χ3v) is 4.52. The highest BCUT2D eigenvalue weighted by atomic mass is 32.2. The average molecular weight is 268 g/mol. The van der Waals surface area contributed by atoms with Crippen LogP contribution in [0.25, 0.3) is 0 Å².